The van der Waals surface area contributed by atoms with Crippen LogP contribution in [0.25, 0.3) is 0 Å². The number of nitrogen functional groups attached to an aromatic ring is 1. The minimum atomic E-state index is -0.423. The van der Waals surface area contributed by atoms with E-state index in [2.05, 4.69) is 5.32 Å². The van der Waals surface area contributed by atoms with Crippen LogP contribution in [-0.2, 0) is 0 Å². The van der Waals surface area contributed by atoms with E-state index in [1.165, 1.54) is 37.5 Å². The molecule has 3 N–H and O–H groups in total. The van der Waals surface area contributed by atoms with Gasteiger partial charge in [-0.3, -0.25) is 4.79 Å². The monoisotopic (exact) mass is 236 g/mol. The molecule has 0 saturated heterocycles. The maximum absolute atomic E-state index is 12.8. The van der Waals surface area contributed by atoms with E-state index in [0.717, 1.165) is 12.3 Å². The zero-order valence-corrected chi connectivity index (χ0v) is 9.71. The lowest BCUT2D eigenvalue weighted by molar-refractivity contribution is 0.0953. The zero-order valence-electron chi connectivity index (χ0n) is 9.71. The van der Waals surface area contributed by atoms with Crippen molar-refractivity contribution in [3.8, 4) is 0 Å². The second-order valence-electron chi connectivity index (χ2n) is 4.57. The predicted molar refractivity (Wildman–Crippen MR) is 65.1 cm³/mol. The molecule has 0 radical (unpaired) electrons. The number of amides is 1. The molecule has 1 aromatic carbocycles. The van der Waals surface area contributed by atoms with Crippen molar-refractivity contribution in [3.05, 3.63) is 29.6 Å². The van der Waals surface area contributed by atoms with Gasteiger partial charge in [0.1, 0.15) is 5.82 Å². The lowest BCUT2D eigenvalue weighted by Gasteiger charge is -2.07. The smallest absolute Gasteiger partial charge is 0.253 e. The normalized spacial score (nSPS) is 14.6. The third-order valence-corrected chi connectivity index (χ3v) is 3.03. The third kappa shape index (κ3) is 3.44. The van der Waals surface area contributed by atoms with E-state index >= 15 is 0 Å². The van der Waals surface area contributed by atoms with E-state index in [9.17, 15) is 9.18 Å². The maximum atomic E-state index is 12.8. The van der Waals surface area contributed by atoms with E-state index in [4.69, 9.17) is 5.73 Å². The Morgan fingerprint density at radius 1 is 1.47 bits per heavy atom. The van der Waals surface area contributed by atoms with Crippen LogP contribution in [0.5, 0.6) is 0 Å². The topological polar surface area (TPSA) is 55.1 Å². The summed E-state index contributed by atoms with van der Waals surface area (Å²) >= 11 is 0. The molecule has 0 unspecified atom stereocenters. The Labute approximate surface area is 100 Å². The summed E-state index contributed by atoms with van der Waals surface area (Å²) in [5, 5.41) is 2.80. The maximum Gasteiger partial charge on any atom is 0.253 e. The van der Waals surface area contributed by atoms with Gasteiger partial charge in [-0.05, 0) is 37.0 Å². The van der Waals surface area contributed by atoms with Crippen molar-refractivity contribution >= 4 is 11.6 Å². The summed E-state index contributed by atoms with van der Waals surface area (Å²) in [5.74, 6) is 0.230. The van der Waals surface area contributed by atoms with Gasteiger partial charge in [0, 0.05) is 12.2 Å². The molecule has 0 bridgehead atoms. The van der Waals surface area contributed by atoms with E-state index in [1.807, 2.05) is 0 Å². The summed E-state index contributed by atoms with van der Waals surface area (Å²) in [6.45, 7) is 0.659. The summed E-state index contributed by atoms with van der Waals surface area (Å²) in [6, 6.07) is 3.83. The van der Waals surface area contributed by atoms with Crippen LogP contribution >= 0.6 is 0 Å². The van der Waals surface area contributed by atoms with Crippen LogP contribution in [0.4, 0.5) is 10.1 Å². The minimum absolute atomic E-state index is 0.185. The van der Waals surface area contributed by atoms with Gasteiger partial charge in [0.05, 0.1) is 5.56 Å². The number of hydrogen-bond acceptors (Lipinski definition) is 2. The van der Waals surface area contributed by atoms with E-state index in [1.54, 1.807) is 0 Å². The molecule has 0 heterocycles. The van der Waals surface area contributed by atoms with Gasteiger partial charge in [0.15, 0.2) is 0 Å². The molecule has 1 saturated carbocycles. The van der Waals surface area contributed by atoms with Crippen LogP contribution in [0, 0.1) is 11.7 Å². The average Bonchev–Trinajstić information content (AvgIpc) is 3.08. The molecule has 4 heteroatoms. The molecule has 3 nitrogen and oxygen atoms in total. The van der Waals surface area contributed by atoms with Gasteiger partial charge in [0.2, 0.25) is 0 Å². The van der Waals surface area contributed by atoms with Crippen molar-refractivity contribution in [2.75, 3.05) is 12.3 Å². The van der Waals surface area contributed by atoms with Gasteiger partial charge in [0.25, 0.3) is 5.91 Å². The molecular formula is C13H17FN2O. The minimum Gasteiger partial charge on any atom is -0.398 e. The highest BCUT2D eigenvalue weighted by molar-refractivity contribution is 5.99. The Kier molecular flexibility index (Phi) is 3.61. The van der Waals surface area contributed by atoms with E-state index in [0.29, 0.717) is 12.1 Å². The highest BCUT2D eigenvalue weighted by atomic mass is 19.1. The highest BCUT2D eigenvalue weighted by Gasteiger charge is 2.20. The summed E-state index contributed by atoms with van der Waals surface area (Å²) in [6.07, 6.45) is 4.84. The summed E-state index contributed by atoms with van der Waals surface area (Å²) in [5.41, 5.74) is 6.11. The molecule has 0 aliphatic heterocycles. The number of nitrogens with one attached hydrogen (secondary N) is 1. The molecule has 2 rings (SSSR count). The summed E-state index contributed by atoms with van der Waals surface area (Å²) in [4.78, 5) is 11.7. The van der Waals surface area contributed by atoms with Crippen molar-refractivity contribution < 1.29 is 9.18 Å². The van der Waals surface area contributed by atoms with Gasteiger partial charge >= 0.3 is 0 Å². The van der Waals surface area contributed by atoms with Gasteiger partial charge in [-0.25, -0.2) is 4.39 Å². The molecule has 0 atom stereocenters. The Bertz CT molecular complexity index is 416. The van der Waals surface area contributed by atoms with Crippen LogP contribution in [-0.4, -0.2) is 12.5 Å². The molecule has 17 heavy (non-hydrogen) atoms. The SMILES string of the molecule is Nc1cc(F)ccc1C(=O)NCCCC1CC1. The number of rotatable bonds is 5. The second kappa shape index (κ2) is 5.17. The molecule has 1 aliphatic rings. The quantitative estimate of drug-likeness (QED) is 0.609. The van der Waals surface area contributed by atoms with E-state index in [-0.39, 0.29) is 11.6 Å². The Hall–Kier alpha value is -1.58. The number of benzene rings is 1. The van der Waals surface area contributed by atoms with Gasteiger partial charge < -0.3 is 11.1 Å². The first-order valence-corrected chi connectivity index (χ1v) is 6.00. The largest absolute Gasteiger partial charge is 0.398 e. The first-order chi connectivity index (χ1) is 8.16. The number of nitrogens with two attached hydrogens (primary N) is 1. The summed E-state index contributed by atoms with van der Waals surface area (Å²) < 4.78 is 12.8. The summed E-state index contributed by atoms with van der Waals surface area (Å²) in [7, 11) is 0. The van der Waals surface area contributed by atoms with Crippen LogP contribution in [0.1, 0.15) is 36.0 Å². The van der Waals surface area contributed by atoms with Gasteiger partial charge in [-0.1, -0.05) is 12.8 Å². The molecule has 1 aromatic rings. The van der Waals surface area contributed by atoms with Crippen LogP contribution in [0.2, 0.25) is 0 Å². The molecule has 92 valence electrons. The highest BCUT2D eigenvalue weighted by Crippen LogP contribution is 2.33. The zero-order chi connectivity index (χ0) is 12.3. The Morgan fingerprint density at radius 3 is 2.88 bits per heavy atom. The standard InChI is InChI=1S/C13H17FN2O/c14-10-5-6-11(12(15)8-10)13(17)16-7-1-2-9-3-4-9/h5-6,8-9H,1-4,7,15H2,(H,16,17). The predicted octanol–water partition coefficient (Wildman–Crippen LogP) is 2.33. The van der Waals surface area contributed by atoms with Crippen LogP contribution < -0.4 is 11.1 Å². The molecule has 0 spiro atoms. The number of anilines is 1. The fourth-order valence-corrected chi connectivity index (χ4v) is 1.83. The average molecular weight is 236 g/mol. The lowest BCUT2D eigenvalue weighted by Crippen LogP contribution is -2.25. The van der Waals surface area contributed by atoms with E-state index < -0.39 is 5.82 Å². The first-order valence-electron chi connectivity index (χ1n) is 6.00. The van der Waals surface area contributed by atoms with Crippen molar-refractivity contribution in [2.24, 2.45) is 5.92 Å². The van der Waals surface area contributed by atoms with Crippen molar-refractivity contribution in [1.82, 2.24) is 5.32 Å². The molecular weight excluding hydrogens is 219 g/mol. The fourth-order valence-electron chi connectivity index (χ4n) is 1.83. The number of hydrogen-bond donors (Lipinski definition) is 2. The molecule has 1 fully saturated rings. The molecule has 1 aliphatic carbocycles. The molecule has 1 amide bonds. The van der Waals surface area contributed by atoms with Gasteiger partial charge in [-0.2, -0.15) is 0 Å². The number of carbonyl (C=O) groups is 1. The number of carbonyl (C=O) groups excluding carboxylic acids is 1. The fraction of sp³-hybridized carbons (Fsp3) is 0.462. The first kappa shape index (κ1) is 11.9. The van der Waals surface area contributed by atoms with Gasteiger partial charge in [-0.15, -0.1) is 0 Å². The number of halogens is 1. The van der Waals surface area contributed by atoms with Crippen molar-refractivity contribution in [2.45, 2.75) is 25.7 Å². The third-order valence-electron chi connectivity index (χ3n) is 3.03. The molecule has 0 aromatic heterocycles. The Morgan fingerprint density at radius 2 is 2.24 bits per heavy atom. The Balaban J connectivity index is 1.81. The lowest BCUT2D eigenvalue weighted by atomic mass is 10.1. The van der Waals surface area contributed by atoms with Crippen molar-refractivity contribution in [1.29, 1.82) is 0 Å². The van der Waals surface area contributed by atoms with Crippen LogP contribution in [0.15, 0.2) is 18.2 Å². The van der Waals surface area contributed by atoms with Crippen LogP contribution in [0.3, 0.4) is 0 Å². The van der Waals surface area contributed by atoms with Crippen molar-refractivity contribution in [3.63, 3.8) is 0 Å². The second-order valence-corrected chi connectivity index (χ2v) is 4.57.